The summed E-state index contributed by atoms with van der Waals surface area (Å²) in [5.74, 6) is -1.45. The summed E-state index contributed by atoms with van der Waals surface area (Å²) < 4.78 is 13.6. The van der Waals surface area contributed by atoms with E-state index in [9.17, 15) is 14.4 Å². The number of rotatable bonds is 6. The molecule has 2 N–H and O–H groups in total. The molecule has 0 unspecified atom stereocenters. The van der Waals surface area contributed by atoms with Crippen molar-refractivity contribution in [1.29, 1.82) is 5.26 Å². The molecule has 0 atom stereocenters. The topological polar surface area (TPSA) is 80.1 Å². The summed E-state index contributed by atoms with van der Waals surface area (Å²) in [6, 6.07) is 13.9. The number of allylic oxidation sites excluding steroid dienone is 3. The highest BCUT2D eigenvalue weighted by Gasteiger charge is 2.32. The minimum atomic E-state index is -0.773. The molecular formula is C24H20FN3O2S. The van der Waals surface area contributed by atoms with Crippen molar-refractivity contribution >= 4 is 29.1 Å². The molecule has 1 fully saturated rings. The number of hydrogen-bond acceptors (Lipinski definition) is 4. The van der Waals surface area contributed by atoms with E-state index in [-0.39, 0.29) is 11.7 Å². The number of carboxylic acid groups (broad SMARTS) is 1. The van der Waals surface area contributed by atoms with Crippen molar-refractivity contribution in [2.45, 2.75) is 6.92 Å². The van der Waals surface area contributed by atoms with Gasteiger partial charge in [-0.2, -0.15) is 5.26 Å². The van der Waals surface area contributed by atoms with Gasteiger partial charge in [0.1, 0.15) is 16.8 Å². The van der Waals surface area contributed by atoms with E-state index >= 15 is 0 Å². The first kappa shape index (κ1) is 20.6. The standard InChI is InChI=1S/C24H20FN3O2S/c1-2-17(25)6-7-18-11-21(20-8-9-31-22(20)12-26)23(27-18)15-4-3-5-19(10-15)28-13-16(14-28)24(29)30/h2-11,16,27H,13-14H2,1H3,(H,29,30)/b7-6-,17-2+. The Morgan fingerprint density at radius 2 is 2.13 bits per heavy atom. The number of carboxylic acids is 1. The van der Waals surface area contributed by atoms with Crippen LogP contribution in [-0.4, -0.2) is 29.1 Å². The monoisotopic (exact) mass is 433 g/mol. The van der Waals surface area contributed by atoms with E-state index in [0.717, 1.165) is 33.8 Å². The molecule has 1 aromatic carbocycles. The summed E-state index contributed by atoms with van der Waals surface area (Å²) in [7, 11) is 0. The molecule has 7 heteroatoms. The van der Waals surface area contributed by atoms with Gasteiger partial charge in [-0.3, -0.25) is 4.79 Å². The Morgan fingerprint density at radius 1 is 1.32 bits per heavy atom. The van der Waals surface area contributed by atoms with Crippen LogP contribution in [0.5, 0.6) is 0 Å². The van der Waals surface area contributed by atoms with Gasteiger partial charge >= 0.3 is 5.97 Å². The number of anilines is 1. The van der Waals surface area contributed by atoms with E-state index < -0.39 is 5.97 Å². The highest BCUT2D eigenvalue weighted by molar-refractivity contribution is 7.11. The van der Waals surface area contributed by atoms with Crippen molar-refractivity contribution in [2.75, 3.05) is 18.0 Å². The van der Waals surface area contributed by atoms with Crippen LogP contribution in [0.25, 0.3) is 28.5 Å². The Morgan fingerprint density at radius 3 is 2.84 bits per heavy atom. The molecule has 31 heavy (non-hydrogen) atoms. The van der Waals surface area contributed by atoms with E-state index in [1.807, 2.05) is 46.7 Å². The van der Waals surface area contributed by atoms with Crippen molar-refractivity contribution in [3.8, 4) is 28.5 Å². The van der Waals surface area contributed by atoms with E-state index in [0.29, 0.717) is 18.0 Å². The van der Waals surface area contributed by atoms with Crippen LogP contribution in [0.2, 0.25) is 0 Å². The lowest BCUT2D eigenvalue weighted by atomic mass is 9.97. The first-order chi connectivity index (χ1) is 15.0. The van der Waals surface area contributed by atoms with Crippen LogP contribution < -0.4 is 4.90 Å². The molecular weight excluding hydrogens is 413 g/mol. The maximum absolute atomic E-state index is 13.6. The average molecular weight is 434 g/mol. The summed E-state index contributed by atoms with van der Waals surface area (Å²) in [5.41, 5.74) is 5.09. The number of H-pyrrole nitrogens is 1. The molecule has 0 aliphatic carbocycles. The van der Waals surface area contributed by atoms with Crippen LogP contribution in [0.1, 0.15) is 17.5 Å². The maximum Gasteiger partial charge on any atom is 0.310 e. The molecule has 0 radical (unpaired) electrons. The number of aliphatic carboxylic acids is 1. The van der Waals surface area contributed by atoms with Gasteiger partial charge in [-0.1, -0.05) is 18.2 Å². The zero-order valence-corrected chi connectivity index (χ0v) is 17.6. The lowest BCUT2D eigenvalue weighted by Crippen LogP contribution is -2.50. The average Bonchev–Trinajstić information content (AvgIpc) is 3.37. The summed E-state index contributed by atoms with van der Waals surface area (Å²) in [6.45, 7) is 2.60. The largest absolute Gasteiger partial charge is 0.481 e. The Hall–Kier alpha value is -3.63. The summed E-state index contributed by atoms with van der Waals surface area (Å²) in [5, 5.41) is 20.5. The summed E-state index contributed by atoms with van der Waals surface area (Å²) in [4.78, 5) is 17.1. The van der Waals surface area contributed by atoms with Crippen LogP contribution in [0.15, 0.2) is 59.8 Å². The molecule has 1 aliphatic heterocycles. The van der Waals surface area contributed by atoms with E-state index in [4.69, 9.17) is 5.11 Å². The highest BCUT2D eigenvalue weighted by atomic mass is 32.1. The van der Waals surface area contributed by atoms with Gasteiger partial charge in [0, 0.05) is 41.2 Å². The highest BCUT2D eigenvalue weighted by Crippen LogP contribution is 2.38. The molecule has 1 aliphatic rings. The van der Waals surface area contributed by atoms with Crippen molar-refractivity contribution in [1.82, 2.24) is 4.98 Å². The van der Waals surface area contributed by atoms with Crippen LogP contribution >= 0.6 is 11.3 Å². The first-order valence-corrected chi connectivity index (χ1v) is 10.7. The predicted molar refractivity (Wildman–Crippen MR) is 121 cm³/mol. The van der Waals surface area contributed by atoms with Gasteiger partial charge in [0.15, 0.2) is 0 Å². The molecule has 3 aromatic rings. The van der Waals surface area contributed by atoms with Crippen LogP contribution in [0.3, 0.4) is 0 Å². The second-order valence-corrected chi connectivity index (χ2v) is 8.20. The second kappa shape index (κ2) is 8.62. The number of nitrogens with zero attached hydrogens (tertiary/aromatic N) is 2. The number of nitriles is 1. The molecule has 1 saturated heterocycles. The fourth-order valence-corrected chi connectivity index (χ4v) is 4.28. The summed E-state index contributed by atoms with van der Waals surface area (Å²) in [6.07, 6.45) is 4.44. The number of hydrogen-bond donors (Lipinski definition) is 2. The Labute approximate surface area is 183 Å². The van der Waals surface area contributed by atoms with Crippen LogP contribution in [0.4, 0.5) is 10.1 Å². The van der Waals surface area contributed by atoms with Gasteiger partial charge in [0.2, 0.25) is 0 Å². The smallest absolute Gasteiger partial charge is 0.310 e. The lowest BCUT2D eigenvalue weighted by molar-refractivity contribution is -0.142. The van der Waals surface area contributed by atoms with Crippen LogP contribution in [0, 0.1) is 17.2 Å². The minimum Gasteiger partial charge on any atom is -0.481 e. The van der Waals surface area contributed by atoms with Crippen LogP contribution in [-0.2, 0) is 4.79 Å². The van der Waals surface area contributed by atoms with E-state index in [1.54, 1.807) is 13.0 Å². The molecule has 156 valence electrons. The first-order valence-electron chi connectivity index (χ1n) is 9.79. The van der Waals surface area contributed by atoms with Gasteiger partial charge in [-0.15, -0.1) is 11.3 Å². The Balaban J connectivity index is 1.74. The molecule has 4 rings (SSSR count). The van der Waals surface area contributed by atoms with Crippen molar-refractivity contribution in [3.05, 3.63) is 70.3 Å². The molecule has 5 nitrogen and oxygen atoms in total. The zero-order chi connectivity index (χ0) is 22.0. The normalized spacial score (nSPS) is 14.6. The van der Waals surface area contributed by atoms with Gasteiger partial charge in [0.25, 0.3) is 0 Å². The number of thiophene rings is 1. The Kier molecular flexibility index (Phi) is 5.74. The number of nitrogens with one attached hydrogen (secondary N) is 1. The van der Waals surface area contributed by atoms with Gasteiger partial charge in [-0.25, -0.2) is 4.39 Å². The second-order valence-electron chi connectivity index (χ2n) is 7.29. The number of carbonyl (C=O) groups is 1. The van der Waals surface area contributed by atoms with Gasteiger partial charge in [-0.05, 0) is 48.7 Å². The fraction of sp³-hybridized carbons (Fsp3) is 0.167. The third kappa shape index (κ3) is 4.16. The van der Waals surface area contributed by atoms with Crippen molar-refractivity contribution in [3.63, 3.8) is 0 Å². The van der Waals surface area contributed by atoms with E-state index in [1.165, 1.54) is 23.5 Å². The number of aromatic nitrogens is 1. The molecule has 0 amide bonds. The maximum atomic E-state index is 13.6. The molecule has 3 heterocycles. The van der Waals surface area contributed by atoms with Gasteiger partial charge < -0.3 is 15.0 Å². The fourth-order valence-electron chi connectivity index (χ4n) is 3.58. The van der Waals surface area contributed by atoms with Gasteiger partial charge in [0.05, 0.1) is 11.6 Å². The Bertz CT molecular complexity index is 1230. The van der Waals surface area contributed by atoms with E-state index in [2.05, 4.69) is 11.1 Å². The van der Waals surface area contributed by atoms with Crippen molar-refractivity contribution in [2.24, 2.45) is 5.92 Å². The number of benzene rings is 1. The molecule has 0 saturated carbocycles. The molecule has 2 aromatic heterocycles. The SMILES string of the molecule is C/C=C(F)\C=C/c1cc(-c2ccsc2C#N)c(-c2cccc(N3CC(C(=O)O)C3)c2)[nH]1. The van der Waals surface area contributed by atoms with Crippen molar-refractivity contribution < 1.29 is 14.3 Å². The third-order valence-corrected chi connectivity index (χ3v) is 6.14. The quantitative estimate of drug-likeness (QED) is 0.490. The molecule has 0 spiro atoms. The predicted octanol–water partition coefficient (Wildman–Crippen LogP) is 5.69. The number of aromatic amines is 1. The minimum absolute atomic E-state index is 0.335. The number of halogens is 1. The summed E-state index contributed by atoms with van der Waals surface area (Å²) >= 11 is 1.38. The third-order valence-electron chi connectivity index (χ3n) is 5.32. The lowest BCUT2D eigenvalue weighted by Gasteiger charge is -2.38. The zero-order valence-electron chi connectivity index (χ0n) is 16.8. The molecule has 0 bridgehead atoms.